The predicted octanol–water partition coefficient (Wildman–Crippen LogP) is 20.2. The van der Waals surface area contributed by atoms with Gasteiger partial charge in [0.1, 0.15) is 11.5 Å². The lowest BCUT2D eigenvalue weighted by molar-refractivity contribution is -0.145. The summed E-state index contributed by atoms with van der Waals surface area (Å²) in [5, 5.41) is 7.89. The Morgan fingerprint density at radius 1 is 0.407 bits per heavy atom. The van der Waals surface area contributed by atoms with E-state index in [9.17, 15) is 4.79 Å². The summed E-state index contributed by atoms with van der Waals surface area (Å²) >= 11 is 15.8. The Hall–Kier alpha value is -4.17. The van der Waals surface area contributed by atoms with E-state index in [1.807, 2.05) is 13.0 Å². The molecule has 8 heteroatoms. The molecule has 6 aromatic rings. The van der Waals surface area contributed by atoms with Crippen LogP contribution in [0.15, 0.2) is 97.1 Å². The molecule has 0 aliphatic heterocycles. The molecule has 0 bridgehead atoms. The quantitative estimate of drug-likeness (QED) is 0.0854. The van der Waals surface area contributed by atoms with Crippen LogP contribution in [0.5, 0.6) is 11.5 Å². The maximum Gasteiger partial charge on any atom is 0.344 e. The summed E-state index contributed by atoms with van der Waals surface area (Å²) in [4.78, 5) is 13.9. The van der Waals surface area contributed by atoms with E-state index in [-0.39, 0.29) is 62.6 Å². The Morgan fingerprint density at radius 2 is 0.674 bits per heavy atom. The molecule has 466 valence electrons. The molecule has 0 atom stereocenters. The molecular formula is C78H106Cl2O4P2. The lowest BCUT2D eigenvalue weighted by atomic mass is 9.81. The molecule has 86 heavy (non-hydrogen) atoms. The third-order valence-corrected chi connectivity index (χ3v) is 22.4. The summed E-state index contributed by atoms with van der Waals surface area (Å²) < 4.78 is 20.5. The van der Waals surface area contributed by atoms with Crippen LogP contribution in [0.4, 0.5) is 0 Å². The third kappa shape index (κ3) is 16.4. The second-order valence-corrected chi connectivity index (χ2v) is 37.9. The molecule has 1 aliphatic rings. The van der Waals surface area contributed by atoms with Gasteiger partial charge >= 0.3 is 5.97 Å². The first-order valence-electron chi connectivity index (χ1n) is 31.7. The Balaban J connectivity index is 1.85. The fraction of sp³-hybridized carbons (Fsp3) is 0.526. The summed E-state index contributed by atoms with van der Waals surface area (Å²) in [6.07, 6.45) is 5.03. The largest absolute Gasteiger partial charge is 0.488 e. The fourth-order valence-electron chi connectivity index (χ4n) is 11.2. The first kappa shape index (κ1) is 69.3. The van der Waals surface area contributed by atoms with Gasteiger partial charge in [-0.25, -0.2) is 4.79 Å². The first-order chi connectivity index (χ1) is 39.4. The molecule has 6 aromatic carbocycles. The van der Waals surface area contributed by atoms with Crippen molar-refractivity contribution >= 4 is 76.8 Å². The lowest BCUT2D eigenvalue weighted by Gasteiger charge is -2.34. The van der Waals surface area contributed by atoms with Crippen molar-refractivity contribution in [2.24, 2.45) is 0 Å². The fourth-order valence-corrected chi connectivity index (χ4v) is 16.8. The highest BCUT2D eigenvalue weighted by Gasteiger charge is 2.38. The topological polar surface area (TPSA) is 44.8 Å². The number of carbonyl (C=O) groups is 1. The molecule has 0 N–H and O–H groups in total. The maximum absolute atomic E-state index is 13.9. The highest BCUT2D eigenvalue weighted by atomic mass is 35.5. The van der Waals surface area contributed by atoms with E-state index >= 15 is 0 Å². The Morgan fingerprint density at radius 3 is 0.942 bits per heavy atom. The summed E-state index contributed by atoms with van der Waals surface area (Å²) in [6, 6.07) is 38.2. The zero-order chi connectivity index (χ0) is 64.2. The average molecular weight is 1240 g/mol. The van der Waals surface area contributed by atoms with Crippen molar-refractivity contribution in [3.8, 4) is 22.6 Å². The molecule has 0 radical (unpaired) electrons. The van der Waals surface area contributed by atoms with Crippen molar-refractivity contribution < 1.29 is 19.0 Å². The highest BCUT2D eigenvalue weighted by molar-refractivity contribution is 7.80. The van der Waals surface area contributed by atoms with Crippen molar-refractivity contribution in [2.45, 2.75) is 255 Å². The predicted molar refractivity (Wildman–Crippen MR) is 379 cm³/mol. The second-order valence-electron chi connectivity index (χ2n) is 32.8. The van der Waals surface area contributed by atoms with Gasteiger partial charge in [-0.15, -0.1) is 0 Å². The van der Waals surface area contributed by atoms with Crippen LogP contribution in [-0.2, 0) is 52.9 Å². The number of benzene rings is 6. The van der Waals surface area contributed by atoms with Gasteiger partial charge < -0.3 is 14.2 Å². The molecule has 0 aromatic heterocycles. The Bertz CT molecular complexity index is 3140. The minimum absolute atomic E-state index is 0.0847. The van der Waals surface area contributed by atoms with Crippen LogP contribution in [0.3, 0.4) is 0 Å². The van der Waals surface area contributed by atoms with Gasteiger partial charge in [-0.1, -0.05) is 281 Å². The maximum atomic E-state index is 13.9. The molecular weight excluding hydrogens is 1130 g/mol. The smallest absolute Gasteiger partial charge is 0.344 e. The lowest BCUT2D eigenvalue weighted by Crippen LogP contribution is -2.31. The standard InChI is InChI=1S/C78H106Cl2O4P2/c1-26-82-66(81)48-83-69-62(79)32-34-64(85(58-40-49(71(2,3)4)36-50(41-58)72(5,6)7)59-42-51(73(8,9)10)37-52(43-59)74(11,12)13)67(69)68-65(35-33-63(80)70(68)84-57-30-28-27-29-31-57)86(60-44-53(75(14,15)16)38-54(45-60)76(17,18)19)61-46-55(77(20,21)22)39-56(47-61)78(23,24)25/h32-47,57H,26-31,48H2,1-25H3. The number of hydrogen-bond donors (Lipinski definition) is 0. The SMILES string of the molecule is CCOC(=O)COc1c(Cl)ccc(P(c2cc(C(C)(C)C)cc(C(C)(C)C)c2)c2cc(C(C)(C)C)cc(C(C)(C)C)c2)c1-c1c(P(c2cc(C(C)(C)C)cc(C(C)(C)C)c2)c2cc(C(C)(C)C)cc(C(C)(C)C)c2)ccc(Cl)c1OC1CCCCC1. The van der Waals surface area contributed by atoms with Crippen molar-refractivity contribution in [2.75, 3.05) is 13.2 Å². The number of hydrogen-bond acceptors (Lipinski definition) is 4. The van der Waals surface area contributed by atoms with Crippen molar-refractivity contribution in [1.82, 2.24) is 0 Å². The van der Waals surface area contributed by atoms with Gasteiger partial charge in [0.15, 0.2) is 6.61 Å². The van der Waals surface area contributed by atoms with E-state index in [0.717, 1.165) is 53.8 Å². The van der Waals surface area contributed by atoms with Gasteiger partial charge in [0.05, 0.1) is 22.8 Å². The van der Waals surface area contributed by atoms with Crippen LogP contribution in [0.1, 0.15) is 250 Å². The van der Waals surface area contributed by atoms with Gasteiger partial charge in [0.25, 0.3) is 0 Å². The molecule has 0 heterocycles. The van der Waals surface area contributed by atoms with Gasteiger partial charge in [0.2, 0.25) is 0 Å². The van der Waals surface area contributed by atoms with Crippen molar-refractivity contribution in [1.29, 1.82) is 0 Å². The number of rotatable bonds is 13. The monoisotopic (exact) mass is 1240 g/mol. The number of ether oxygens (including phenoxy) is 3. The molecule has 0 amide bonds. The van der Waals surface area contributed by atoms with Crippen LogP contribution < -0.4 is 41.3 Å². The van der Waals surface area contributed by atoms with E-state index in [1.165, 1.54) is 65.7 Å². The third-order valence-electron chi connectivity index (χ3n) is 17.0. The summed E-state index contributed by atoms with van der Waals surface area (Å²) in [5.74, 6) is 0.546. The summed E-state index contributed by atoms with van der Waals surface area (Å²) in [6.45, 7) is 57.5. The highest BCUT2D eigenvalue weighted by Crippen LogP contribution is 2.53. The van der Waals surface area contributed by atoms with Crippen LogP contribution in [0, 0.1) is 0 Å². The van der Waals surface area contributed by atoms with E-state index < -0.39 is 21.8 Å². The first-order valence-corrected chi connectivity index (χ1v) is 35.2. The van der Waals surface area contributed by atoms with Crippen LogP contribution in [-0.4, -0.2) is 25.3 Å². The zero-order valence-electron chi connectivity index (χ0n) is 57.5. The number of halogens is 2. The average Bonchev–Trinajstić information content (AvgIpc) is 0.772. The van der Waals surface area contributed by atoms with Crippen molar-refractivity contribution in [3.05, 3.63) is 152 Å². The molecule has 0 saturated heterocycles. The van der Waals surface area contributed by atoms with E-state index in [4.69, 9.17) is 37.4 Å². The molecule has 1 aliphatic carbocycles. The minimum atomic E-state index is -1.52. The molecule has 7 rings (SSSR count). The molecule has 1 saturated carbocycles. The Kier molecular flexibility index (Phi) is 20.6. The van der Waals surface area contributed by atoms with Gasteiger partial charge in [0, 0.05) is 11.1 Å². The van der Waals surface area contributed by atoms with Crippen LogP contribution in [0.2, 0.25) is 10.0 Å². The van der Waals surface area contributed by atoms with Crippen LogP contribution in [0.25, 0.3) is 11.1 Å². The number of carbonyl (C=O) groups excluding carboxylic acids is 1. The molecule has 0 unspecified atom stereocenters. The molecule has 0 spiro atoms. The van der Waals surface area contributed by atoms with E-state index in [2.05, 4.69) is 257 Å². The minimum Gasteiger partial charge on any atom is -0.488 e. The van der Waals surface area contributed by atoms with Crippen LogP contribution >= 0.6 is 39.0 Å². The Labute approximate surface area is 534 Å². The van der Waals surface area contributed by atoms with Crippen molar-refractivity contribution in [3.63, 3.8) is 0 Å². The second kappa shape index (κ2) is 25.6. The normalized spacial score (nSPS) is 14.5. The molecule has 1 fully saturated rings. The van der Waals surface area contributed by atoms with E-state index in [1.54, 1.807) is 0 Å². The summed E-state index contributed by atoms with van der Waals surface area (Å²) in [5.41, 5.74) is 10.3. The van der Waals surface area contributed by atoms with Gasteiger partial charge in [-0.3, -0.25) is 0 Å². The molecule has 4 nitrogen and oxygen atoms in total. The van der Waals surface area contributed by atoms with E-state index in [0.29, 0.717) is 21.5 Å². The van der Waals surface area contributed by atoms with Gasteiger partial charge in [-0.05, 0) is 180 Å². The summed E-state index contributed by atoms with van der Waals surface area (Å²) in [7, 11) is -3.00. The zero-order valence-corrected chi connectivity index (χ0v) is 60.8. The van der Waals surface area contributed by atoms with Gasteiger partial charge in [-0.2, -0.15) is 0 Å². The number of esters is 1.